The fourth-order valence-corrected chi connectivity index (χ4v) is 1.82. The van der Waals surface area contributed by atoms with Crippen LogP contribution in [0.15, 0.2) is 0 Å². The molecule has 0 bridgehead atoms. The summed E-state index contributed by atoms with van der Waals surface area (Å²) in [7, 11) is 3.92. The zero-order valence-electron chi connectivity index (χ0n) is 10.6. The molecule has 0 aromatic carbocycles. The Labute approximate surface area is 98.0 Å². The molecule has 1 saturated heterocycles. The Morgan fingerprint density at radius 2 is 1.94 bits per heavy atom. The molecule has 5 nitrogen and oxygen atoms in total. The quantitative estimate of drug-likeness (QED) is 0.639. The molecule has 94 valence electrons. The fourth-order valence-electron chi connectivity index (χ4n) is 1.82. The van der Waals surface area contributed by atoms with Crippen LogP contribution in [0, 0.1) is 0 Å². The van der Waals surface area contributed by atoms with E-state index in [1.165, 1.54) is 0 Å². The molecule has 0 radical (unpaired) electrons. The minimum absolute atomic E-state index is 0.274. The number of nitrogens with one attached hydrogen (secondary N) is 1. The molecule has 5 heteroatoms. The van der Waals surface area contributed by atoms with Crippen LogP contribution in [0.1, 0.15) is 13.3 Å². The van der Waals surface area contributed by atoms with Gasteiger partial charge in [-0.2, -0.15) is 0 Å². The minimum Gasteiger partial charge on any atom is -0.368 e. The third kappa shape index (κ3) is 3.43. The Morgan fingerprint density at radius 1 is 1.38 bits per heavy atom. The van der Waals surface area contributed by atoms with Crippen molar-refractivity contribution in [2.75, 3.05) is 46.8 Å². The van der Waals surface area contributed by atoms with E-state index in [1.54, 1.807) is 7.05 Å². The van der Waals surface area contributed by atoms with Crippen LogP contribution in [0.25, 0.3) is 0 Å². The van der Waals surface area contributed by atoms with E-state index >= 15 is 0 Å². The van der Waals surface area contributed by atoms with Gasteiger partial charge in [-0.05, 0) is 27.4 Å². The Hall–Kier alpha value is -0.650. The summed E-state index contributed by atoms with van der Waals surface area (Å²) >= 11 is 0. The molecule has 1 rings (SSSR count). The molecule has 1 aliphatic rings. The molecule has 1 fully saturated rings. The van der Waals surface area contributed by atoms with E-state index in [0.29, 0.717) is 0 Å². The summed E-state index contributed by atoms with van der Waals surface area (Å²) in [5.74, 6) is -0.274. The molecule has 1 aliphatic heterocycles. The maximum absolute atomic E-state index is 11.3. The van der Waals surface area contributed by atoms with Gasteiger partial charge < -0.3 is 20.9 Å². The second-order valence-electron chi connectivity index (χ2n) is 4.84. The monoisotopic (exact) mass is 228 g/mol. The molecule has 0 saturated carbocycles. The number of amides is 1. The number of rotatable bonds is 5. The minimum atomic E-state index is -0.580. The third-order valence-electron chi connectivity index (χ3n) is 3.62. The van der Waals surface area contributed by atoms with Crippen molar-refractivity contribution in [3.05, 3.63) is 0 Å². The van der Waals surface area contributed by atoms with Crippen LogP contribution in [0.2, 0.25) is 0 Å². The summed E-state index contributed by atoms with van der Waals surface area (Å²) in [6.45, 7) is 7.16. The van der Waals surface area contributed by atoms with Crippen molar-refractivity contribution < 1.29 is 4.79 Å². The lowest BCUT2D eigenvalue weighted by atomic mass is 9.97. The van der Waals surface area contributed by atoms with Crippen LogP contribution >= 0.6 is 0 Å². The first-order chi connectivity index (χ1) is 7.48. The number of hydrogen-bond donors (Lipinski definition) is 2. The van der Waals surface area contributed by atoms with Gasteiger partial charge in [0.15, 0.2) is 0 Å². The van der Waals surface area contributed by atoms with Gasteiger partial charge in [-0.25, -0.2) is 0 Å². The lowest BCUT2D eigenvalue weighted by molar-refractivity contribution is -0.124. The van der Waals surface area contributed by atoms with Crippen molar-refractivity contribution in [2.24, 2.45) is 5.73 Å². The number of nitrogens with zero attached hydrogens (tertiary/aromatic N) is 2. The molecule has 1 unspecified atom stereocenters. The maximum atomic E-state index is 11.3. The van der Waals surface area contributed by atoms with Gasteiger partial charge in [0.1, 0.15) is 0 Å². The smallest absolute Gasteiger partial charge is 0.237 e. The summed E-state index contributed by atoms with van der Waals surface area (Å²) in [4.78, 5) is 16.0. The zero-order valence-corrected chi connectivity index (χ0v) is 10.6. The third-order valence-corrected chi connectivity index (χ3v) is 3.62. The van der Waals surface area contributed by atoms with Crippen molar-refractivity contribution in [1.82, 2.24) is 15.1 Å². The van der Waals surface area contributed by atoms with Gasteiger partial charge >= 0.3 is 0 Å². The molecule has 0 aromatic rings. The number of hydrogen-bond acceptors (Lipinski definition) is 4. The highest BCUT2D eigenvalue weighted by atomic mass is 16.1. The number of primary amides is 1. The van der Waals surface area contributed by atoms with E-state index in [4.69, 9.17) is 5.73 Å². The summed E-state index contributed by atoms with van der Waals surface area (Å²) in [6, 6.07) is 0. The lowest BCUT2D eigenvalue weighted by Gasteiger charge is -2.34. The van der Waals surface area contributed by atoms with Gasteiger partial charge in [0.05, 0.1) is 5.54 Å². The highest BCUT2D eigenvalue weighted by Crippen LogP contribution is 2.10. The molecule has 0 aromatic heterocycles. The van der Waals surface area contributed by atoms with Crippen LogP contribution < -0.4 is 11.1 Å². The molecule has 1 amide bonds. The summed E-state index contributed by atoms with van der Waals surface area (Å²) in [5.41, 5.74) is 4.81. The van der Waals surface area contributed by atoms with Gasteiger partial charge in [0.2, 0.25) is 5.91 Å². The zero-order chi connectivity index (χ0) is 12.2. The second kappa shape index (κ2) is 5.61. The van der Waals surface area contributed by atoms with Crippen molar-refractivity contribution in [3.63, 3.8) is 0 Å². The first kappa shape index (κ1) is 13.4. The normalized spacial score (nSPS) is 22.9. The number of piperazine rings is 1. The van der Waals surface area contributed by atoms with Crippen LogP contribution in [0.3, 0.4) is 0 Å². The molecule has 3 N–H and O–H groups in total. The van der Waals surface area contributed by atoms with Gasteiger partial charge in [-0.15, -0.1) is 0 Å². The Kier molecular flexibility index (Phi) is 4.70. The predicted molar refractivity (Wildman–Crippen MR) is 65.2 cm³/mol. The topological polar surface area (TPSA) is 61.6 Å². The van der Waals surface area contributed by atoms with Gasteiger partial charge in [0.25, 0.3) is 0 Å². The van der Waals surface area contributed by atoms with E-state index < -0.39 is 5.54 Å². The maximum Gasteiger partial charge on any atom is 0.237 e. The predicted octanol–water partition coefficient (Wildman–Crippen LogP) is -0.913. The summed E-state index contributed by atoms with van der Waals surface area (Å²) < 4.78 is 0. The first-order valence-corrected chi connectivity index (χ1v) is 5.87. The van der Waals surface area contributed by atoms with E-state index in [9.17, 15) is 4.79 Å². The molecule has 16 heavy (non-hydrogen) atoms. The van der Waals surface area contributed by atoms with Crippen LogP contribution in [0.5, 0.6) is 0 Å². The largest absolute Gasteiger partial charge is 0.368 e. The fraction of sp³-hybridized carbons (Fsp3) is 0.909. The number of carbonyl (C=O) groups is 1. The summed E-state index contributed by atoms with van der Waals surface area (Å²) in [5, 5.41) is 3.01. The van der Waals surface area contributed by atoms with Gasteiger partial charge in [-0.1, -0.05) is 0 Å². The van der Waals surface area contributed by atoms with Gasteiger partial charge in [-0.3, -0.25) is 4.79 Å². The van der Waals surface area contributed by atoms with E-state index in [1.807, 2.05) is 6.92 Å². The Bertz CT molecular complexity index is 238. The molecule has 0 aliphatic carbocycles. The lowest BCUT2D eigenvalue weighted by Crippen LogP contribution is -2.54. The van der Waals surface area contributed by atoms with E-state index in [0.717, 1.165) is 39.1 Å². The number of nitrogens with two attached hydrogens (primary N) is 1. The SMILES string of the molecule is CNC(C)(CCN1CCN(C)CC1)C(N)=O. The van der Waals surface area contributed by atoms with Crippen molar-refractivity contribution >= 4 is 5.91 Å². The van der Waals surface area contributed by atoms with Crippen LogP contribution in [0.4, 0.5) is 0 Å². The molecular weight excluding hydrogens is 204 g/mol. The van der Waals surface area contributed by atoms with Crippen molar-refractivity contribution in [2.45, 2.75) is 18.9 Å². The highest BCUT2D eigenvalue weighted by Gasteiger charge is 2.29. The Balaban J connectivity index is 2.36. The van der Waals surface area contributed by atoms with Crippen molar-refractivity contribution in [1.29, 1.82) is 0 Å². The summed E-state index contributed by atoms with van der Waals surface area (Å²) in [6.07, 6.45) is 0.766. The number of likely N-dealkylation sites (N-methyl/N-ethyl adjacent to an activating group) is 2. The van der Waals surface area contributed by atoms with Gasteiger partial charge in [0, 0.05) is 32.7 Å². The highest BCUT2D eigenvalue weighted by molar-refractivity contribution is 5.84. The van der Waals surface area contributed by atoms with E-state index in [2.05, 4.69) is 22.2 Å². The molecular formula is C11H24N4O. The van der Waals surface area contributed by atoms with Crippen LogP contribution in [-0.2, 0) is 4.79 Å². The average molecular weight is 228 g/mol. The number of carbonyl (C=O) groups excluding carboxylic acids is 1. The molecule has 1 heterocycles. The van der Waals surface area contributed by atoms with Crippen LogP contribution in [-0.4, -0.2) is 68.1 Å². The standard InChI is InChI=1S/C11H24N4O/c1-11(13-2,10(12)16)4-5-15-8-6-14(3)7-9-15/h13H,4-9H2,1-3H3,(H2,12,16). The second-order valence-corrected chi connectivity index (χ2v) is 4.84. The molecule has 0 spiro atoms. The first-order valence-electron chi connectivity index (χ1n) is 5.87. The van der Waals surface area contributed by atoms with Crippen molar-refractivity contribution in [3.8, 4) is 0 Å². The Morgan fingerprint density at radius 3 is 2.38 bits per heavy atom. The molecule has 1 atom stereocenters. The van der Waals surface area contributed by atoms with E-state index in [-0.39, 0.29) is 5.91 Å². The average Bonchev–Trinajstić information content (AvgIpc) is 2.27.